The highest BCUT2D eigenvalue weighted by Gasteiger charge is 2.13. The van der Waals surface area contributed by atoms with E-state index >= 15 is 0 Å². The zero-order valence-electron chi connectivity index (χ0n) is 9.44. The first-order chi connectivity index (χ1) is 7.99. The molecule has 0 fully saturated rings. The molecule has 6 heteroatoms. The molecule has 0 bridgehead atoms. The molecule has 2 rings (SSSR count). The zero-order valence-corrected chi connectivity index (χ0v) is 12.4. The second-order valence-corrected chi connectivity index (χ2v) is 5.43. The summed E-state index contributed by atoms with van der Waals surface area (Å²) < 4.78 is 2.74. The number of aromatic nitrogens is 3. The maximum Gasteiger partial charge on any atom is 0.164 e. The lowest BCUT2D eigenvalue weighted by molar-refractivity contribution is 0.836. The Kier molecular flexibility index (Phi) is 3.43. The lowest BCUT2D eigenvalue weighted by atomic mass is 10.1. The highest BCUT2D eigenvalue weighted by atomic mass is 127. The van der Waals surface area contributed by atoms with E-state index in [0.717, 1.165) is 20.4 Å². The smallest absolute Gasteiger partial charge is 0.164 e. The Balaban J connectivity index is 2.71. The number of hydrogen-bond acceptors (Lipinski definition) is 3. The van der Waals surface area contributed by atoms with Crippen molar-refractivity contribution in [1.29, 1.82) is 0 Å². The molecule has 88 valence electrons. The Morgan fingerprint density at radius 2 is 2.18 bits per heavy atom. The Labute approximate surface area is 118 Å². The summed E-state index contributed by atoms with van der Waals surface area (Å²) in [7, 11) is 0. The number of nitrogens with two attached hydrogens (primary N) is 1. The van der Waals surface area contributed by atoms with E-state index in [1.54, 1.807) is 10.9 Å². The summed E-state index contributed by atoms with van der Waals surface area (Å²) in [4.78, 5) is 4.81. The van der Waals surface area contributed by atoms with Crippen LogP contribution in [0.1, 0.15) is 16.8 Å². The summed E-state index contributed by atoms with van der Waals surface area (Å²) in [5.74, 6) is 0.693. The van der Waals surface area contributed by atoms with Crippen molar-refractivity contribution in [2.24, 2.45) is 5.73 Å². The van der Waals surface area contributed by atoms with Gasteiger partial charge in [0, 0.05) is 11.9 Å². The quantitative estimate of drug-likeness (QED) is 0.660. The highest BCUT2D eigenvalue weighted by molar-refractivity contribution is 14.1. The van der Waals surface area contributed by atoms with E-state index in [4.69, 9.17) is 18.0 Å². The second-order valence-electron chi connectivity index (χ2n) is 3.75. The molecule has 2 aromatic heterocycles. The molecule has 0 aliphatic carbocycles. The number of aryl methyl sites for hydroxylation is 2. The summed E-state index contributed by atoms with van der Waals surface area (Å²) in [6, 6.07) is 1.96. The van der Waals surface area contributed by atoms with Gasteiger partial charge in [-0.05, 0) is 48.1 Å². The first-order valence-electron chi connectivity index (χ1n) is 4.97. The van der Waals surface area contributed by atoms with Gasteiger partial charge in [0.05, 0.1) is 15.3 Å². The van der Waals surface area contributed by atoms with E-state index in [0.29, 0.717) is 10.8 Å². The van der Waals surface area contributed by atoms with Gasteiger partial charge in [0.15, 0.2) is 5.82 Å². The molecule has 2 aromatic rings. The number of hydrogen-bond donors (Lipinski definition) is 1. The SMILES string of the molecule is Cc1cc(C)c(C(N)=S)c(-n2cc(I)cn2)n1. The number of rotatable bonds is 2. The zero-order chi connectivity index (χ0) is 12.6. The summed E-state index contributed by atoms with van der Waals surface area (Å²) >= 11 is 7.28. The standard InChI is InChI=1S/C11H11IN4S/c1-6-3-7(2)15-11(9(6)10(13)17)16-5-8(12)4-14-16/h3-5H,1-2H3,(H2,13,17). The van der Waals surface area contributed by atoms with Crippen LogP contribution in [-0.2, 0) is 0 Å². The van der Waals surface area contributed by atoms with Crippen molar-refractivity contribution >= 4 is 39.8 Å². The molecule has 0 saturated carbocycles. The maximum atomic E-state index is 5.76. The predicted octanol–water partition coefficient (Wildman–Crippen LogP) is 2.12. The number of halogens is 1. The highest BCUT2D eigenvalue weighted by Crippen LogP contribution is 2.18. The average Bonchev–Trinajstić information content (AvgIpc) is 2.62. The molecule has 0 radical (unpaired) electrons. The summed E-state index contributed by atoms with van der Waals surface area (Å²) in [5, 5.41) is 4.24. The van der Waals surface area contributed by atoms with Gasteiger partial charge in [-0.2, -0.15) is 5.10 Å². The van der Waals surface area contributed by atoms with Gasteiger partial charge in [-0.1, -0.05) is 12.2 Å². The summed E-state index contributed by atoms with van der Waals surface area (Å²) in [6.45, 7) is 3.91. The molecule has 2 N–H and O–H groups in total. The predicted molar refractivity (Wildman–Crippen MR) is 79.4 cm³/mol. The minimum absolute atomic E-state index is 0.343. The Morgan fingerprint density at radius 3 is 2.71 bits per heavy atom. The average molecular weight is 358 g/mol. The molecule has 0 aliphatic heterocycles. The third kappa shape index (κ3) is 2.47. The second kappa shape index (κ2) is 4.69. The van der Waals surface area contributed by atoms with Crippen LogP contribution in [0.2, 0.25) is 0 Å². The van der Waals surface area contributed by atoms with Crippen molar-refractivity contribution in [1.82, 2.24) is 14.8 Å². The van der Waals surface area contributed by atoms with Crippen LogP contribution in [0.4, 0.5) is 0 Å². The van der Waals surface area contributed by atoms with E-state index in [1.807, 2.05) is 26.1 Å². The molecular formula is C11H11IN4S. The van der Waals surface area contributed by atoms with E-state index in [2.05, 4.69) is 32.7 Å². The van der Waals surface area contributed by atoms with E-state index < -0.39 is 0 Å². The molecule has 0 atom stereocenters. The van der Waals surface area contributed by atoms with Gasteiger partial charge in [-0.25, -0.2) is 9.67 Å². The van der Waals surface area contributed by atoms with E-state index in [9.17, 15) is 0 Å². The number of pyridine rings is 1. The normalized spacial score (nSPS) is 10.5. The van der Waals surface area contributed by atoms with Crippen LogP contribution in [0, 0.1) is 17.4 Å². The molecule has 0 amide bonds. The monoisotopic (exact) mass is 358 g/mol. The minimum atomic E-state index is 0.343. The maximum absolute atomic E-state index is 5.76. The van der Waals surface area contributed by atoms with Gasteiger partial charge in [-0.15, -0.1) is 0 Å². The number of thiocarbonyl (C=S) groups is 1. The van der Waals surface area contributed by atoms with Gasteiger partial charge < -0.3 is 5.73 Å². The fourth-order valence-corrected chi connectivity index (χ4v) is 2.34. The Morgan fingerprint density at radius 1 is 1.47 bits per heavy atom. The Hall–Kier alpha value is -1.02. The van der Waals surface area contributed by atoms with Crippen molar-refractivity contribution < 1.29 is 0 Å². The fraction of sp³-hybridized carbons (Fsp3) is 0.182. The minimum Gasteiger partial charge on any atom is -0.389 e. The van der Waals surface area contributed by atoms with Crippen LogP contribution >= 0.6 is 34.8 Å². The lowest BCUT2D eigenvalue weighted by Crippen LogP contribution is -2.17. The molecule has 17 heavy (non-hydrogen) atoms. The molecule has 0 spiro atoms. The molecule has 0 unspecified atom stereocenters. The number of nitrogens with zero attached hydrogens (tertiary/aromatic N) is 3. The van der Waals surface area contributed by atoms with Gasteiger partial charge in [-0.3, -0.25) is 0 Å². The van der Waals surface area contributed by atoms with Crippen molar-refractivity contribution in [2.45, 2.75) is 13.8 Å². The molecule has 0 aliphatic rings. The van der Waals surface area contributed by atoms with Crippen molar-refractivity contribution in [2.75, 3.05) is 0 Å². The van der Waals surface area contributed by atoms with E-state index in [-0.39, 0.29) is 0 Å². The molecule has 2 heterocycles. The van der Waals surface area contributed by atoms with Crippen molar-refractivity contribution in [3.8, 4) is 5.82 Å². The van der Waals surface area contributed by atoms with Crippen LogP contribution in [0.15, 0.2) is 18.5 Å². The third-order valence-corrected chi connectivity index (χ3v) is 3.10. The van der Waals surface area contributed by atoms with Crippen molar-refractivity contribution in [3.05, 3.63) is 38.9 Å². The van der Waals surface area contributed by atoms with Crippen LogP contribution in [0.3, 0.4) is 0 Å². The topological polar surface area (TPSA) is 56.7 Å². The van der Waals surface area contributed by atoms with Crippen molar-refractivity contribution in [3.63, 3.8) is 0 Å². The molecule has 0 aromatic carbocycles. The van der Waals surface area contributed by atoms with Crippen LogP contribution in [0.25, 0.3) is 5.82 Å². The van der Waals surface area contributed by atoms with Gasteiger partial charge in [0.2, 0.25) is 0 Å². The van der Waals surface area contributed by atoms with E-state index in [1.165, 1.54) is 0 Å². The van der Waals surface area contributed by atoms with Crippen LogP contribution < -0.4 is 5.73 Å². The fourth-order valence-electron chi connectivity index (χ4n) is 1.70. The van der Waals surface area contributed by atoms with Crippen LogP contribution in [-0.4, -0.2) is 19.8 Å². The molecule has 4 nitrogen and oxygen atoms in total. The van der Waals surface area contributed by atoms with Gasteiger partial charge >= 0.3 is 0 Å². The summed E-state index contributed by atoms with van der Waals surface area (Å²) in [5.41, 5.74) is 8.48. The third-order valence-electron chi connectivity index (χ3n) is 2.34. The van der Waals surface area contributed by atoms with Crippen LogP contribution in [0.5, 0.6) is 0 Å². The first kappa shape index (κ1) is 12.4. The first-order valence-corrected chi connectivity index (χ1v) is 6.46. The van der Waals surface area contributed by atoms with Gasteiger partial charge in [0.1, 0.15) is 4.99 Å². The van der Waals surface area contributed by atoms with Gasteiger partial charge in [0.25, 0.3) is 0 Å². The largest absolute Gasteiger partial charge is 0.389 e. The summed E-state index contributed by atoms with van der Waals surface area (Å²) in [6.07, 6.45) is 3.66. The molecule has 0 saturated heterocycles. The Bertz CT molecular complexity index is 591. The lowest BCUT2D eigenvalue weighted by Gasteiger charge is -2.11. The molecular weight excluding hydrogens is 347 g/mol.